The molecular weight excluding hydrogens is 456 g/mol. The predicted octanol–water partition coefficient (Wildman–Crippen LogP) is 3.44. The maximum atomic E-state index is 13.2. The SMILES string of the molecule is CC1CCCN(S(=O)(=O)c2ccc(N3CCCC(c4nnc5ccccn45)C3)c([N+](=O)[O-])c2)C1. The maximum absolute atomic E-state index is 13.2. The van der Waals surface area contributed by atoms with Gasteiger partial charge in [-0.1, -0.05) is 13.0 Å². The molecule has 2 atom stereocenters. The molecule has 0 N–H and O–H groups in total. The second kappa shape index (κ2) is 8.95. The van der Waals surface area contributed by atoms with Gasteiger partial charge in [0.25, 0.3) is 5.69 Å². The van der Waals surface area contributed by atoms with E-state index in [1.807, 2.05) is 40.6 Å². The minimum atomic E-state index is -3.78. The van der Waals surface area contributed by atoms with E-state index in [-0.39, 0.29) is 22.4 Å². The van der Waals surface area contributed by atoms with E-state index in [9.17, 15) is 18.5 Å². The zero-order chi connectivity index (χ0) is 23.9. The molecule has 11 heteroatoms. The monoisotopic (exact) mass is 484 g/mol. The molecule has 2 aliphatic heterocycles. The van der Waals surface area contributed by atoms with E-state index in [0.29, 0.717) is 31.9 Å². The first kappa shape index (κ1) is 22.7. The van der Waals surface area contributed by atoms with Crippen LogP contribution in [0.1, 0.15) is 44.3 Å². The fraction of sp³-hybridized carbons (Fsp3) is 0.478. The Morgan fingerprint density at radius 1 is 1.06 bits per heavy atom. The molecule has 10 nitrogen and oxygen atoms in total. The summed E-state index contributed by atoms with van der Waals surface area (Å²) in [7, 11) is -3.78. The standard InChI is InChI=1S/C23H28N6O4S/c1-17-6-4-12-27(15-17)34(32,33)19-9-10-20(21(14-19)29(30)31)26-11-5-7-18(16-26)23-25-24-22-8-2-3-13-28(22)23/h2-3,8-10,13-14,17-18H,4-7,11-12,15-16H2,1H3. The smallest absolute Gasteiger partial charge is 0.293 e. The summed E-state index contributed by atoms with van der Waals surface area (Å²) in [6.45, 7) is 4.12. The molecule has 3 aromatic rings. The summed E-state index contributed by atoms with van der Waals surface area (Å²) in [6, 6.07) is 10.0. The minimum Gasteiger partial charge on any atom is -0.365 e. The van der Waals surface area contributed by atoms with Crippen LogP contribution in [0, 0.1) is 16.0 Å². The topological polar surface area (TPSA) is 114 Å². The molecule has 0 amide bonds. The molecule has 4 heterocycles. The van der Waals surface area contributed by atoms with Crippen LogP contribution in [-0.4, -0.2) is 58.4 Å². The van der Waals surface area contributed by atoms with E-state index in [0.717, 1.165) is 37.2 Å². The Morgan fingerprint density at radius 2 is 1.88 bits per heavy atom. The van der Waals surface area contributed by atoms with Gasteiger partial charge < -0.3 is 4.90 Å². The van der Waals surface area contributed by atoms with E-state index in [1.165, 1.54) is 16.4 Å². The Balaban J connectivity index is 1.45. The van der Waals surface area contributed by atoms with Crippen molar-refractivity contribution in [2.45, 2.75) is 43.4 Å². The fourth-order valence-electron chi connectivity index (χ4n) is 5.14. The van der Waals surface area contributed by atoms with Crippen molar-refractivity contribution >= 4 is 27.0 Å². The van der Waals surface area contributed by atoms with Crippen LogP contribution < -0.4 is 4.90 Å². The molecular formula is C23H28N6O4S. The lowest BCUT2D eigenvalue weighted by atomic mass is 9.96. The number of anilines is 1. The lowest BCUT2D eigenvalue weighted by Crippen LogP contribution is -2.39. The molecule has 34 heavy (non-hydrogen) atoms. The molecule has 180 valence electrons. The number of hydrogen-bond donors (Lipinski definition) is 0. The number of pyridine rings is 1. The zero-order valence-corrected chi connectivity index (χ0v) is 19.9. The van der Waals surface area contributed by atoms with Crippen LogP contribution in [0.5, 0.6) is 0 Å². The molecule has 2 unspecified atom stereocenters. The van der Waals surface area contributed by atoms with E-state index < -0.39 is 14.9 Å². The summed E-state index contributed by atoms with van der Waals surface area (Å²) in [5.74, 6) is 1.17. The van der Waals surface area contributed by atoms with Crippen molar-refractivity contribution in [3.8, 4) is 0 Å². The van der Waals surface area contributed by atoms with Crippen molar-refractivity contribution in [2.75, 3.05) is 31.1 Å². The first-order valence-electron chi connectivity index (χ1n) is 11.7. The number of fused-ring (bicyclic) bond motifs is 1. The number of nitrogens with zero attached hydrogens (tertiary/aromatic N) is 6. The highest BCUT2D eigenvalue weighted by atomic mass is 32.2. The van der Waals surface area contributed by atoms with Crippen LogP contribution >= 0.6 is 0 Å². The minimum absolute atomic E-state index is 0.0194. The highest BCUT2D eigenvalue weighted by Crippen LogP contribution is 2.36. The number of nitro groups is 1. The summed E-state index contributed by atoms with van der Waals surface area (Å²) in [4.78, 5) is 13.5. The van der Waals surface area contributed by atoms with Gasteiger partial charge >= 0.3 is 0 Å². The molecule has 0 spiro atoms. The van der Waals surface area contributed by atoms with Gasteiger partial charge in [-0.15, -0.1) is 10.2 Å². The lowest BCUT2D eigenvalue weighted by molar-refractivity contribution is -0.384. The van der Waals surface area contributed by atoms with E-state index in [2.05, 4.69) is 10.2 Å². The Hall–Kier alpha value is -3.05. The molecule has 0 saturated carbocycles. The number of benzene rings is 1. The molecule has 0 bridgehead atoms. The zero-order valence-electron chi connectivity index (χ0n) is 19.1. The Kier molecular flexibility index (Phi) is 5.98. The van der Waals surface area contributed by atoms with E-state index >= 15 is 0 Å². The van der Waals surface area contributed by atoms with E-state index in [4.69, 9.17) is 0 Å². The number of sulfonamides is 1. The largest absolute Gasteiger partial charge is 0.365 e. The van der Waals surface area contributed by atoms with Gasteiger partial charge in [-0.3, -0.25) is 14.5 Å². The van der Waals surface area contributed by atoms with Crippen molar-refractivity contribution in [2.24, 2.45) is 5.92 Å². The second-order valence-electron chi connectivity index (χ2n) is 9.29. The molecule has 2 saturated heterocycles. The lowest BCUT2D eigenvalue weighted by Gasteiger charge is -2.33. The van der Waals surface area contributed by atoms with Gasteiger partial charge in [0.2, 0.25) is 10.0 Å². The summed E-state index contributed by atoms with van der Waals surface area (Å²) in [6.07, 6.45) is 5.46. The number of hydrogen-bond acceptors (Lipinski definition) is 7. The molecule has 0 aliphatic carbocycles. The quantitative estimate of drug-likeness (QED) is 0.402. The second-order valence-corrected chi connectivity index (χ2v) is 11.2. The number of piperidine rings is 2. The van der Waals surface area contributed by atoms with Gasteiger partial charge in [-0.2, -0.15) is 4.31 Å². The third-order valence-electron chi connectivity index (χ3n) is 6.87. The van der Waals surface area contributed by atoms with Crippen LogP contribution in [0.4, 0.5) is 11.4 Å². The maximum Gasteiger partial charge on any atom is 0.293 e. The molecule has 2 aliphatic rings. The van der Waals surface area contributed by atoms with Crippen molar-refractivity contribution in [3.05, 3.63) is 58.5 Å². The normalized spacial score (nSPS) is 22.2. The number of rotatable bonds is 5. The van der Waals surface area contributed by atoms with Crippen molar-refractivity contribution in [1.29, 1.82) is 0 Å². The van der Waals surface area contributed by atoms with Gasteiger partial charge in [-0.05, 0) is 55.9 Å². The Bertz CT molecular complexity index is 1320. The van der Waals surface area contributed by atoms with Crippen LogP contribution in [-0.2, 0) is 10.0 Å². The van der Waals surface area contributed by atoms with Crippen LogP contribution in [0.15, 0.2) is 47.5 Å². The molecule has 2 aromatic heterocycles. The van der Waals surface area contributed by atoms with Crippen molar-refractivity contribution < 1.29 is 13.3 Å². The van der Waals surface area contributed by atoms with Gasteiger partial charge in [0.1, 0.15) is 11.5 Å². The van der Waals surface area contributed by atoms with Crippen LogP contribution in [0.3, 0.4) is 0 Å². The van der Waals surface area contributed by atoms with Crippen molar-refractivity contribution in [1.82, 2.24) is 18.9 Å². The van der Waals surface area contributed by atoms with E-state index in [1.54, 1.807) is 6.07 Å². The number of nitro benzene ring substituents is 1. The summed E-state index contributed by atoms with van der Waals surface area (Å²) in [5.41, 5.74) is 1.02. The third kappa shape index (κ3) is 4.14. The Labute approximate surface area is 198 Å². The van der Waals surface area contributed by atoms with Gasteiger partial charge in [0, 0.05) is 44.4 Å². The molecule has 5 rings (SSSR count). The third-order valence-corrected chi connectivity index (χ3v) is 8.73. The molecule has 0 radical (unpaired) electrons. The molecule has 1 aromatic carbocycles. The summed E-state index contributed by atoms with van der Waals surface area (Å²) in [5, 5.41) is 20.6. The van der Waals surface area contributed by atoms with Crippen molar-refractivity contribution in [3.63, 3.8) is 0 Å². The van der Waals surface area contributed by atoms with Crippen LogP contribution in [0.2, 0.25) is 0 Å². The van der Waals surface area contributed by atoms with Gasteiger partial charge in [0.05, 0.1) is 9.82 Å². The predicted molar refractivity (Wildman–Crippen MR) is 127 cm³/mol. The first-order valence-corrected chi connectivity index (χ1v) is 13.1. The van der Waals surface area contributed by atoms with Gasteiger partial charge in [-0.25, -0.2) is 8.42 Å². The highest BCUT2D eigenvalue weighted by Gasteiger charge is 2.33. The average molecular weight is 485 g/mol. The van der Waals surface area contributed by atoms with Crippen LogP contribution in [0.25, 0.3) is 5.65 Å². The van der Waals surface area contributed by atoms with Gasteiger partial charge in [0.15, 0.2) is 5.65 Å². The molecule has 2 fully saturated rings. The fourth-order valence-corrected chi connectivity index (χ4v) is 6.75. The Morgan fingerprint density at radius 3 is 2.68 bits per heavy atom. The average Bonchev–Trinajstić information content (AvgIpc) is 3.28. The summed E-state index contributed by atoms with van der Waals surface area (Å²) < 4.78 is 29.8. The number of aromatic nitrogens is 3. The summed E-state index contributed by atoms with van der Waals surface area (Å²) >= 11 is 0. The highest BCUT2D eigenvalue weighted by molar-refractivity contribution is 7.89. The first-order chi connectivity index (χ1) is 16.3.